The van der Waals surface area contributed by atoms with Gasteiger partial charge in [0.15, 0.2) is 0 Å². The van der Waals surface area contributed by atoms with E-state index < -0.39 is 15.9 Å². The lowest BCUT2D eigenvalue weighted by Gasteiger charge is -2.38. The largest absolute Gasteiger partial charge is 0.379 e. The Bertz CT molecular complexity index is 681. The highest BCUT2D eigenvalue weighted by Gasteiger charge is 2.28. The van der Waals surface area contributed by atoms with E-state index in [0.29, 0.717) is 25.7 Å². The fraction of sp³-hybridized carbons (Fsp3) is 0.611. The first kappa shape index (κ1) is 20.8. The molecule has 1 heterocycles. The SMILES string of the molecule is CCC(CC)C(CNS(=O)(=O)c1ccc(C(N)=O)cc1)N1CCOCC1. The van der Waals surface area contributed by atoms with Crippen LogP contribution in [0.1, 0.15) is 37.0 Å². The highest BCUT2D eigenvalue weighted by Crippen LogP contribution is 2.20. The van der Waals surface area contributed by atoms with Gasteiger partial charge in [-0.2, -0.15) is 0 Å². The van der Waals surface area contributed by atoms with Crippen molar-refractivity contribution in [1.29, 1.82) is 0 Å². The Kier molecular flexibility index (Phi) is 7.57. The van der Waals surface area contributed by atoms with Crippen LogP contribution in [0.3, 0.4) is 0 Å². The van der Waals surface area contributed by atoms with Crippen LogP contribution in [-0.4, -0.2) is 58.1 Å². The van der Waals surface area contributed by atoms with Gasteiger partial charge in [-0.25, -0.2) is 13.1 Å². The molecule has 1 aromatic rings. The second kappa shape index (κ2) is 9.45. The maximum atomic E-state index is 12.6. The van der Waals surface area contributed by atoms with E-state index in [4.69, 9.17) is 10.5 Å². The molecule has 0 radical (unpaired) electrons. The van der Waals surface area contributed by atoms with Crippen LogP contribution in [0.15, 0.2) is 29.2 Å². The fourth-order valence-corrected chi connectivity index (χ4v) is 4.46. The van der Waals surface area contributed by atoms with Gasteiger partial charge in [0.2, 0.25) is 15.9 Å². The van der Waals surface area contributed by atoms with E-state index in [-0.39, 0.29) is 16.5 Å². The number of amides is 1. The molecule has 1 amide bonds. The lowest BCUT2D eigenvalue weighted by atomic mass is 9.92. The minimum Gasteiger partial charge on any atom is -0.379 e. The molecule has 3 N–H and O–H groups in total. The Morgan fingerprint density at radius 2 is 1.77 bits per heavy atom. The number of rotatable bonds is 9. The molecule has 1 saturated heterocycles. The van der Waals surface area contributed by atoms with Gasteiger partial charge in [0.25, 0.3) is 0 Å². The van der Waals surface area contributed by atoms with Crippen molar-refractivity contribution in [3.63, 3.8) is 0 Å². The molecule has 146 valence electrons. The van der Waals surface area contributed by atoms with Gasteiger partial charge in [0, 0.05) is 31.2 Å². The predicted molar refractivity (Wildman–Crippen MR) is 100 cm³/mol. The molecule has 1 unspecified atom stereocenters. The van der Waals surface area contributed by atoms with Crippen LogP contribution in [0.5, 0.6) is 0 Å². The van der Waals surface area contributed by atoms with E-state index in [2.05, 4.69) is 23.5 Å². The van der Waals surface area contributed by atoms with Crippen molar-refractivity contribution in [2.75, 3.05) is 32.8 Å². The van der Waals surface area contributed by atoms with Crippen molar-refractivity contribution in [2.24, 2.45) is 11.7 Å². The normalized spacial score (nSPS) is 17.3. The Hall–Kier alpha value is -1.48. The molecule has 1 aliphatic rings. The summed E-state index contributed by atoms with van der Waals surface area (Å²) >= 11 is 0. The van der Waals surface area contributed by atoms with Crippen molar-refractivity contribution >= 4 is 15.9 Å². The number of sulfonamides is 1. The number of morpholine rings is 1. The minimum absolute atomic E-state index is 0.132. The Morgan fingerprint density at radius 3 is 2.27 bits per heavy atom. The molecule has 0 aliphatic carbocycles. The zero-order valence-electron chi connectivity index (χ0n) is 15.5. The summed E-state index contributed by atoms with van der Waals surface area (Å²) in [5.41, 5.74) is 5.48. The van der Waals surface area contributed by atoms with Crippen molar-refractivity contribution in [3.8, 4) is 0 Å². The summed E-state index contributed by atoms with van der Waals surface area (Å²) in [6.07, 6.45) is 1.99. The van der Waals surface area contributed by atoms with Gasteiger partial charge in [0.1, 0.15) is 0 Å². The summed E-state index contributed by atoms with van der Waals surface area (Å²) in [5.74, 6) is -0.170. The molecule has 2 rings (SSSR count). The van der Waals surface area contributed by atoms with Gasteiger partial charge in [-0.15, -0.1) is 0 Å². The third kappa shape index (κ3) is 5.26. The summed E-state index contributed by atoms with van der Waals surface area (Å²) in [7, 11) is -3.65. The van der Waals surface area contributed by atoms with Crippen LogP contribution in [0.2, 0.25) is 0 Å². The summed E-state index contributed by atoms with van der Waals surface area (Å²) in [4.78, 5) is 13.6. The smallest absolute Gasteiger partial charge is 0.248 e. The summed E-state index contributed by atoms with van der Waals surface area (Å²) in [6, 6.07) is 5.80. The summed E-state index contributed by atoms with van der Waals surface area (Å²) in [5, 5.41) is 0. The first-order chi connectivity index (χ1) is 12.4. The van der Waals surface area contributed by atoms with E-state index >= 15 is 0 Å². The van der Waals surface area contributed by atoms with E-state index in [0.717, 1.165) is 25.9 Å². The number of carbonyl (C=O) groups is 1. The molecule has 0 bridgehead atoms. The maximum Gasteiger partial charge on any atom is 0.248 e. The number of hydrogen-bond acceptors (Lipinski definition) is 5. The molecule has 1 aliphatic heterocycles. The minimum atomic E-state index is -3.65. The summed E-state index contributed by atoms with van der Waals surface area (Å²) in [6.45, 7) is 7.62. The first-order valence-electron chi connectivity index (χ1n) is 9.10. The van der Waals surface area contributed by atoms with E-state index in [1.807, 2.05) is 0 Å². The second-order valence-electron chi connectivity index (χ2n) is 6.53. The Labute approximate surface area is 155 Å². The fourth-order valence-electron chi connectivity index (χ4n) is 3.41. The number of nitrogens with two attached hydrogens (primary N) is 1. The number of ether oxygens (including phenoxy) is 1. The van der Waals surface area contributed by atoms with Crippen LogP contribution >= 0.6 is 0 Å². The van der Waals surface area contributed by atoms with Crippen molar-refractivity contribution in [1.82, 2.24) is 9.62 Å². The topological polar surface area (TPSA) is 102 Å². The maximum absolute atomic E-state index is 12.6. The van der Waals surface area contributed by atoms with Gasteiger partial charge < -0.3 is 10.5 Å². The van der Waals surface area contributed by atoms with Crippen LogP contribution < -0.4 is 10.5 Å². The van der Waals surface area contributed by atoms with Crippen molar-refractivity contribution in [3.05, 3.63) is 29.8 Å². The van der Waals surface area contributed by atoms with E-state index in [1.165, 1.54) is 24.3 Å². The lowest BCUT2D eigenvalue weighted by molar-refractivity contribution is 0.00297. The number of hydrogen-bond donors (Lipinski definition) is 2. The monoisotopic (exact) mass is 383 g/mol. The standard InChI is InChI=1S/C18H29N3O4S/c1-3-14(4-2)17(21-9-11-25-12-10-21)13-20-26(23,24)16-7-5-15(6-8-16)18(19)22/h5-8,14,17,20H,3-4,9-13H2,1-2H3,(H2,19,22). The van der Waals surface area contributed by atoms with E-state index in [1.54, 1.807) is 0 Å². The van der Waals surface area contributed by atoms with Crippen LogP contribution in [0, 0.1) is 5.92 Å². The Morgan fingerprint density at radius 1 is 1.19 bits per heavy atom. The quantitative estimate of drug-likeness (QED) is 0.667. The third-order valence-electron chi connectivity index (χ3n) is 5.04. The van der Waals surface area contributed by atoms with Gasteiger partial charge >= 0.3 is 0 Å². The molecule has 1 aromatic carbocycles. The zero-order valence-corrected chi connectivity index (χ0v) is 16.3. The molecule has 0 spiro atoms. The average molecular weight is 384 g/mol. The molecule has 0 saturated carbocycles. The number of primary amides is 1. The molecule has 1 fully saturated rings. The number of nitrogens with zero attached hydrogens (tertiary/aromatic N) is 1. The van der Waals surface area contributed by atoms with Gasteiger partial charge in [-0.3, -0.25) is 9.69 Å². The molecule has 1 atom stereocenters. The van der Waals surface area contributed by atoms with Gasteiger partial charge in [0.05, 0.1) is 18.1 Å². The summed E-state index contributed by atoms with van der Waals surface area (Å²) < 4.78 is 33.4. The zero-order chi connectivity index (χ0) is 19.2. The van der Waals surface area contributed by atoms with Crippen molar-refractivity contribution in [2.45, 2.75) is 37.6 Å². The second-order valence-corrected chi connectivity index (χ2v) is 8.30. The molecular formula is C18H29N3O4S. The first-order valence-corrected chi connectivity index (χ1v) is 10.6. The molecule has 8 heteroatoms. The number of nitrogens with one attached hydrogen (secondary N) is 1. The third-order valence-corrected chi connectivity index (χ3v) is 6.48. The molecule has 26 heavy (non-hydrogen) atoms. The van der Waals surface area contributed by atoms with Crippen molar-refractivity contribution < 1.29 is 17.9 Å². The van der Waals surface area contributed by atoms with Crippen LogP contribution in [0.25, 0.3) is 0 Å². The lowest BCUT2D eigenvalue weighted by Crippen LogP contribution is -2.52. The van der Waals surface area contributed by atoms with Crippen LogP contribution in [-0.2, 0) is 14.8 Å². The van der Waals surface area contributed by atoms with E-state index in [9.17, 15) is 13.2 Å². The van der Waals surface area contributed by atoms with Gasteiger partial charge in [-0.05, 0) is 30.2 Å². The predicted octanol–water partition coefficient (Wildman–Crippen LogP) is 1.20. The number of benzene rings is 1. The molecule has 0 aromatic heterocycles. The van der Waals surface area contributed by atoms with Crippen LogP contribution in [0.4, 0.5) is 0 Å². The van der Waals surface area contributed by atoms with Gasteiger partial charge in [-0.1, -0.05) is 26.7 Å². The highest BCUT2D eigenvalue weighted by molar-refractivity contribution is 7.89. The molecule has 7 nitrogen and oxygen atoms in total. The average Bonchev–Trinajstić information content (AvgIpc) is 2.66. The Balaban J connectivity index is 2.11. The molecular weight excluding hydrogens is 354 g/mol. The highest BCUT2D eigenvalue weighted by atomic mass is 32.2. The number of carbonyl (C=O) groups excluding carboxylic acids is 1.